The maximum absolute atomic E-state index is 3.42. The molecule has 3 aliphatic rings. The molecule has 0 bridgehead atoms. The lowest BCUT2D eigenvalue weighted by Crippen LogP contribution is -2.45. The van der Waals surface area contributed by atoms with Gasteiger partial charge in [-0.05, 0) is 48.8 Å². The molecule has 5 rings (SSSR count). The molecule has 2 aromatic carbocycles. The third kappa shape index (κ3) is 2.81. The first-order valence-electron chi connectivity index (χ1n) is 9.33. The zero-order valence-electron chi connectivity index (χ0n) is 14.4. The number of nitrogens with zero attached hydrogens (tertiary/aromatic N) is 2. The summed E-state index contributed by atoms with van der Waals surface area (Å²) >= 11 is 2.02. The minimum absolute atomic E-state index is 0.612. The molecule has 0 aliphatic carbocycles. The van der Waals surface area contributed by atoms with Gasteiger partial charge >= 0.3 is 0 Å². The van der Waals surface area contributed by atoms with Gasteiger partial charge in [0, 0.05) is 30.1 Å². The van der Waals surface area contributed by atoms with Crippen molar-refractivity contribution in [3.8, 4) is 0 Å². The van der Waals surface area contributed by atoms with Gasteiger partial charge in [0.05, 0.1) is 11.4 Å². The SMILES string of the molecule is [CH]1Nc2ccccc2N1C1CCN(C2CCSc3ccccc32)CC1. The molecule has 4 heteroatoms. The second kappa shape index (κ2) is 6.58. The molecule has 0 aromatic heterocycles. The third-order valence-corrected chi connectivity index (χ3v) is 6.92. The Morgan fingerprint density at radius 2 is 1.72 bits per heavy atom. The summed E-state index contributed by atoms with van der Waals surface area (Å²) in [6, 6.07) is 18.9. The van der Waals surface area contributed by atoms with Crippen LogP contribution in [0.25, 0.3) is 0 Å². The third-order valence-electron chi connectivity index (χ3n) is 5.80. The molecule has 2 aromatic rings. The molecule has 1 N–H and O–H groups in total. The first kappa shape index (κ1) is 15.6. The van der Waals surface area contributed by atoms with Crippen LogP contribution in [0.4, 0.5) is 11.4 Å². The Labute approximate surface area is 154 Å². The number of rotatable bonds is 2. The first-order chi connectivity index (χ1) is 12.4. The van der Waals surface area contributed by atoms with Crippen LogP contribution in [-0.2, 0) is 0 Å². The molecule has 0 spiro atoms. The number of piperidine rings is 1. The first-order valence-corrected chi connectivity index (χ1v) is 10.3. The largest absolute Gasteiger partial charge is 0.360 e. The van der Waals surface area contributed by atoms with Crippen LogP contribution in [0.3, 0.4) is 0 Å². The van der Waals surface area contributed by atoms with Crippen LogP contribution in [0.5, 0.6) is 0 Å². The highest BCUT2D eigenvalue weighted by atomic mass is 32.2. The molecule has 1 fully saturated rings. The topological polar surface area (TPSA) is 18.5 Å². The van der Waals surface area contributed by atoms with Gasteiger partial charge in [-0.2, -0.15) is 0 Å². The predicted octanol–water partition coefficient (Wildman–Crippen LogP) is 4.74. The van der Waals surface area contributed by atoms with Crippen LogP contribution in [0, 0.1) is 6.67 Å². The molecule has 1 unspecified atom stereocenters. The summed E-state index contributed by atoms with van der Waals surface area (Å²) in [6.07, 6.45) is 3.75. The number of fused-ring (bicyclic) bond motifs is 2. The van der Waals surface area contributed by atoms with Crippen molar-refractivity contribution in [1.29, 1.82) is 0 Å². The van der Waals surface area contributed by atoms with E-state index in [4.69, 9.17) is 0 Å². The van der Waals surface area contributed by atoms with E-state index in [2.05, 4.69) is 70.3 Å². The number of hydrogen-bond acceptors (Lipinski definition) is 4. The van der Waals surface area contributed by atoms with Crippen LogP contribution in [0.2, 0.25) is 0 Å². The van der Waals surface area contributed by atoms with Gasteiger partial charge in [0.15, 0.2) is 0 Å². The van der Waals surface area contributed by atoms with E-state index in [0.29, 0.717) is 12.1 Å². The Bertz CT molecular complexity index is 754. The van der Waals surface area contributed by atoms with Crippen LogP contribution in [-0.4, -0.2) is 29.8 Å². The summed E-state index contributed by atoms with van der Waals surface area (Å²) in [6.45, 7) is 4.55. The summed E-state index contributed by atoms with van der Waals surface area (Å²) in [7, 11) is 0. The highest BCUT2D eigenvalue weighted by Crippen LogP contribution is 2.41. The Balaban J connectivity index is 1.29. The normalized spacial score (nSPS) is 23.8. The van der Waals surface area contributed by atoms with Crippen molar-refractivity contribution >= 4 is 23.1 Å². The second-order valence-corrected chi connectivity index (χ2v) is 8.29. The van der Waals surface area contributed by atoms with E-state index in [1.807, 2.05) is 11.8 Å². The van der Waals surface area contributed by atoms with E-state index in [1.54, 1.807) is 5.56 Å². The van der Waals surface area contributed by atoms with Crippen LogP contribution >= 0.6 is 11.8 Å². The lowest BCUT2D eigenvalue weighted by Gasteiger charge is -2.42. The van der Waals surface area contributed by atoms with E-state index in [0.717, 1.165) is 0 Å². The molecule has 25 heavy (non-hydrogen) atoms. The van der Waals surface area contributed by atoms with E-state index < -0.39 is 0 Å². The zero-order valence-corrected chi connectivity index (χ0v) is 15.2. The molecule has 3 nitrogen and oxygen atoms in total. The maximum atomic E-state index is 3.42. The van der Waals surface area contributed by atoms with Crippen molar-refractivity contribution in [3.63, 3.8) is 0 Å². The number of likely N-dealkylation sites (tertiary alicyclic amines) is 1. The number of anilines is 2. The number of benzene rings is 2. The van der Waals surface area contributed by atoms with E-state index in [1.165, 1.54) is 54.4 Å². The smallest absolute Gasteiger partial charge is 0.139 e. The summed E-state index contributed by atoms with van der Waals surface area (Å²) in [5.41, 5.74) is 4.13. The average molecular weight is 351 g/mol. The molecule has 0 amide bonds. The van der Waals surface area contributed by atoms with Crippen molar-refractivity contribution in [2.24, 2.45) is 0 Å². The second-order valence-electron chi connectivity index (χ2n) is 7.16. The molecular formula is C21H24N3S. The monoisotopic (exact) mass is 350 g/mol. The number of para-hydroxylation sites is 2. The van der Waals surface area contributed by atoms with Crippen LogP contribution < -0.4 is 10.2 Å². The number of nitrogens with one attached hydrogen (secondary N) is 1. The van der Waals surface area contributed by atoms with Crippen LogP contribution in [0.15, 0.2) is 53.4 Å². The molecule has 129 valence electrons. The standard InChI is InChI=1S/C21H24N3S/c1-4-8-21-17(5-1)19(11-14-25-21)23-12-9-16(10-13-23)24-15-22-18-6-2-3-7-20(18)24/h1-8,15-16,19,22H,9-14H2. The summed E-state index contributed by atoms with van der Waals surface area (Å²) in [5.74, 6) is 1.25. The minimum Gasteiger partial charge on any atom is -0.360 e. The van der Waals surface area contributed by atoms with Crippen molar-refractivity contribution in [2.45, 2.75) is 36.2 Å². The number of hydrogen-bond donors (Lipinski definition) is 1. The van der Waals surface area contributed by atoms with Crippen molar-refractivity contribution in [3.05, 3.63) is 60.8 Å². The minimum atomic E-state index is 0.612. The van der Waals surface area contributed by atoms with Gasteiger partial charge in [-0.25, -0.2) is 0 Å². The fourth-order valence-corrected chi connectivity index (χ4v) is 5.62. The zero-order chi connectivity index (χ0) is 16.6. The predicted molar refractivity (Wildman–Crippen MR) is 106 cm³/mol. The van der Waals surface area contributed by atoms with Crippen molar-refractivity contribution < 1.29 is 0 Å². The van der Waals surface area contributed by atoms with Gasteiger partial charge in [0.2, 0.25) is 0 Å². The Kier molecular flexibility index (Phi) is 4.10. The quantitative estimate of drug-likeness (QED) is 0.843. The summed E-state index contributed by atoms with van der Waals surface area (Å²) in [5, 5.41) is 3.42. The van der Waals surface area contributed by atoms with Gasteiger partial charge in [0.1, 0.15) is 6.67 Å². The maximum Gasteiger partial charge on any atom is 0.139 e. The lowest BCUT2D eigenvalue weighted by atomic mass is 9.96. The molecule has 3 aliphatic heterocycles. The molecule has 1 radical (unpaired) electrons. The van der Waals surface area contributed by atoms with Crippen molar-refractivity contribution in [2.75, 3.05) is 29.1 Å². The average Bonchev–Trinajstić information content (AvgIpc) is 3.12. The number of thioether (sulfide) groups is 1. The fraction of sp³-hybridized carbons (Fsp3) is 0.381. The summed E-state index contributed by atoms with van der Waals surface area (Å²) < 4.78 is 0. The molecule has 0 saturated carbocycles. The highest BCUT2D eigenvalue weighted by molar-refractivity contribution is 7.99. The van der Waals surface area contributed by atoms with Gasteiger partial charge < -0.3 is 10.2 Å². The molecule has 3 heterocycles. The van der Waals surface area contributed by atoms with Gasteiger partial charge in [0.25, 0.3) is 0 Å². The molecular weight excluding hydrogens is 326 g/mol. The van der Waals surface area contributed by atoms with E-state index >= 15 is 0 Å². The highest BCUT2D eigenvalue weighted by Gasteiger charge is 2.33. The Hall–Kier alpha value is -1.65. The van der Waals surface area contributed by atoms with E-state index in [9.17, 15) is 0 Å². The van der Waals surface area contributed by atoms with Gasteiger partial charge in [-0.1, -0.05) is 30.3 Å². The molecule has 1 saturated heterocycles. The Morgan fingerprint density at radius 3 is 2.64 bits per heavy atom. The molecule has 1 atom stereocenters. The summed E-state index contributed by atoms with van der Waals surface area (Å²) in [4.78, 5) is 6.67. The fourth-order valence-electron chi connectivity index (χ4n) is 4.51. The van der Waals surface area contributed by atoms with Crippen molar-refractivity contribution in [1.82, 2.24) is 4.90 Å². The lowest BCUT2D eigenvalue weighted by molar-refractivity contribution is 0.146. The Morgan fingerprint density at radius 1 is 0.920 bits per heavy atom. The van der Waals surface area contributed by atoms with Crippen LogP contribution in [0.1, 0.15) is 30.9 Å². The van der Waals surface area contributed by atoms with E-state index in [-0.39, 0.29) is 0 Å². The van der Waals surface area contributed by atoms with Gasteiger partial charge in [-0.15, -0.1) is 11.8 Å². The van der Waals surface area contributed by atoms with Gasteiger partial charge in [-0.3, -0.25) is 4.90 Å².